The topological polar surface area (TPSA) is 102 Å². The lowest BCUT2D eigenvalue weighted by molar-refractivity contribution is -0.385. The van der Waals surface area contributed by atoms with E-state index >= 15 is 0 Å². The molecule has 0 spiro atoms. The van der Waals surface area contributed by atoms with E-state index in [0.717, 1.165) is 0 Å². The molecule has 8 nitrogen and oxygen atoms in total. The molecule has 0 aliphatic carbocycles. The summed E-state index contributed by atoms with van der Waals surface area (Å²) in [6, 6.07) is 5.07. The zero-order valence-electron chi connectivity index (χ0n) is 14.5. The van der Waals surface area contributed by atoms with Crippen LogP contribution in [0, 0.1) is 10.1 Å². The SMILES string of the molecule is CCOC(=O)C1=C(C)N=C(C)N(C(C)=O)C1c1ccccc1[N+](=O)[O-]. The summed E-state index contributed by atoms with van der Waals surface area (Å²) in [6.07, 6.45) is 0. The zero-order chi connectivity index (χ0) is 18.7. The Morgan fingerprint density at radius 1 is 1.32 bits per heavy atom. The molecule has 132 valence electrons. The number of hydrogen-bond acceptors (Lipinski definition) is 6. The van der Waals surface area contributed by atoms with Gasteiger partial charge in [-0.05, 0) is 26.8 Å². The number of benzene rings is 1. The number of nitro benzene ring substituents is 1. The number of nitro groups is 1. The number of nitrogens with zero attached hydrogens (tertiary/aromatic N) is 3. The summed E-state index contributed by atoms with van der Waals surface area (Å²) in [4.78, 5) is 41.1. The van der Waals surface area contributed by atoms with Crippen molar-refractivity contribution in [3.8, 4) is 0 Å². The molecule has 1 amide bonds. The van der Waals surface area contributed by atoms with Gasteiger partial charge in [0.25, 0.3) is 5.69 Å². The maximum absolute atomic E-state index is 12.5. The van der Waals surface area contributed by atoms with Crippen molar-refractivity contribution < 1.29 is 19.2 Å². The summed E-state index contributed by atoms with van der Waals surface area (Å²) >= 11 is 0. The molecule has 0 radical (unpaired) electrons. The van der Waals surface area contributed by atoms with Gasteiger partial charge in [0.15, 0.2) is 0 Å². The zero-order valence-corrected chi connectivity index (χ0v) is 14.5. The molecule has 1 atom stereocenters. The van der Waals surface area contributed by atoms with E-state index in [4.69, 9.17) is 4.74 Å². The maximum Gasteiger partial charge on any atom is 0.338 e. The second-order valence-corrected chi connectivity index (χ2v) is 5.49. The van der Waals surface area contributed by atoms with Gasteiger partial charge in [0, 0.05) is 13.0 Å². The first-order valence-electron chi connectivity index (χ1n) is 7.75. The van der Waals surface area contributed by atoms with Crippen LogP contribution in [-0.4, -0.2) is 34.1 Å². The van der Waals surface area contributed by atoms with Gasteiger partial charge in [0.2, 0.25) is 5.91 Å². The van der Waals surface area contributed by atoms with Crippen molar-refractivity contribution in [2.45, 2.75) is 33.7 Å². The number of allylic oxidation sites excluding steroid dienone is 1. The van der Waals surface area contributed by atoms with Gasteiger partial charge in [-0.1, -0.05) is 12.1 Å². The highest BCUT2D eigenvalue weighted by atomic mass is 16.6. The summed E-state index contributed by atoms with van der Waals surface area (Å²) < 4.78 is 5.09. The van der Waals surface area contributed by atoms with Crippen molar-refractivity contribution >= 4 is 23.4 Å². The van der Waals surface area contributed by atoms with Gasteiger partial charge in [-0.15, -0.1) is 0 Å². The molecule has 0 saturated carbocycles. The predicted octanol–water partition coefficient (Wildman–Crippen LogP) is 2.75. The molecule has 0 N–H and O–H groups in total. The number of aliphatic imine (C=N–C) groups is 1. The molecule has 1 heterocycles. The van der Waals surface area contributed by atoms with Gasteiger partial charge in [0.05, 0.1) is 28.4 Å². The summed E-state index contributed by atoms with van der Waals surface area (Å²) in [6.45, 7) is 6.36. The van der Waals surface area contributed by atoms with Crippen molar-refractivity contribution in [3.63, 3.8) is 0 Å². The van der Waals surface area contributed by atoms with E-state index in [-0.39, 0.29) is 29.3 Å². The fraction of sp³-hybridized carbons (Fsp3) is 0.353. The van der Waals surface area contributed by atoms with E-state index in [2.05, 4.69) is 4.99 Å². The largest absolute Gasteiger partial charge is 0.463 e. The number of hydrogen-bond donors (Lipinski definition) is 0. The van der Waals surface area contributed by atoms with Crippen molar-refractivity contribution in [1.29, 1.82) is 0 Å². The van der Waals surface area contributed by atoms with Gasteiger partial charge in [-0.2, -0.15) is 0 Å². The van der Waals surface area contributed by atoms with Crippen molar-refractivity contribution in [1.82, 2.24) is 4.90 Å². The molecule has 25 heavy (non-hydrogen) atoms. The third-order valence-electron chi connectivity index (χ3n) is 3.86. The highest BCUT2D eigenvalue weighted by Crippen LogP contribution is 2.39. The molecule has 2 rings (SSSR count). The molecule has 0 saturated heterocycles. The van der Waals surface area contributed by atoms with Gasteiger partial charge < -0.3 is 4.74 Å². The molecule has 1 aromatic rings. The first-order valence-corrected chi connectivity index (χ1v) is 7.75. The lowest BCUT2D eigenvalue weighted by Gasteiger charge is -2.35. The average molecular weight is 345 g/mol. The molecule has 1 aliphatic heterocycles. The van der Waals surface area contributed by atoms with Gasteiger partial charge in [-0.3, -0.25) is 19.8 Å². The van der Waals surface area contributed by atoms with Crippen LogP contribution >= 0.6 is 0 Å². The van der Waals surface area contributed by atoms with E-state index in [0.29, 0.717) is 11.5 Å². The number of carbonyl (C=O) groups is 2. The van der Waals surface area contributed by atoms with Crippen molar-refractivity contribution in [2.75, 3.05) is 6.61 Å². The third kappa shape index (κ3) is 3.42. The van der Waals surface area contributed by atoms with E-state index < -0.39 is 16.9 Å². The van der Waals surface area contributed by atoms with Crippen molar-refractivity contribution in [2.24, 2.45) is 4.99 Å². The number of carbonyl (C=O) groups excluding carboxylic acids is 2. The second kappa shape index (κ2) is 7.25. The number of rotatable bonds is 4. The smallest absolute Gasteiger partial charge is 0.338 e. The number of ether oxygens (including phenoxy) is 1. The Kier molecular flexibility index (Phi) is 5.31. The fourth-order valence-electron chi connectivity index (χ4n) is 2.93. The first kappa shape index (κ1) is 18.3. The number of amidine groups is 1. The van der Waals surface area contributed by atoms with Crippen LogP contribution in [0.3, 0.4) is 0 Å². The molecule has 8 heteroatoms. The normalized spacial score (nSPS) is 17.2. The molecular weight excluding hydrogens is 326 g/mol. The minimum Gasteiger partial charge on any atom is -0.463 e. The van der Waals surface area contributed by atoms with E-state index in [1.54, 1.807) is 26.8 Å². The van der Waals surface area contributed by atoms with Gasteiger partial charge in [-0.25, -0.2) is 9.79 Å². The standard InChI is InChI=1S/C17H19N3O5/c1-5-25-17(22)15-10(2)18-11(3)19(12(4)21)16(15)13-8-6-7-9-14(13)20(23)24/h6-9,16H,5H2,1-4H3. The predicted molar refractivity (Wildman–Crippen MR) is 90.8 cm³/mol. The lowest BCUT2D eigenvalue weighted by atomic mass is 9.92. The molecule has 1 unspecified atom stereocenters. The number of para-hydroxylation sites is 1. The van der Waals surface area contributed by atoms with Crippen LogP contribution in [0.5, 0.6) is 0 Å². The van der Waals surface area contributed by atoms with Crippen LogP contribution in [0.25, 0.3) is 0 Å². The van der Waals surface area contributed by atoms with Gasteiger partial charge >= 0.3 is 5.97 Å². The minimum atomic E-state index is -0.962. The third-order valence-corrected chi connectivity index (χ3v) is 3.86. The molecule has 0 aromatic heterocycles. The second-order valence-electron chi connectivity index (χ2n) is 5.49. The average Bonchev–Trinajstić information content (AvgIpc) is 2.53. The van der Waals surface area contributed by atoms with Crippen LogP contribution < -0.4 is 0 Å². The van der Waals surface area contributed by atoms with Crippen LogP contribution in [0.1, 0.15) is 39.3 Å². The van der Waals surface area contributed by atoms with E-state index in [9.17, 15) is 19.7 Å². The van der Waals surface area contributed by atoms with E-state index in [1.807, 2.05) is 0 Å². The molecule has 0 bridgehead atoms. The van der Waals surface area contributed by atoms with Crippen LogP contribution in [0.2, 0.25) is 0 Å². The highest BCUT2D eigenvalue weighted by Gasteiger charge is 2.40. The minimum absolute atomic E-state index is 0.122. The highest BCUT2D eigenvalue weighted by molar-refractivity contribution is 6.02. The lowest BCUT2D eigenvalue weighted by Crippen LogP contribution is -2.42. The monoisotopic (exact) mass is 345 g/mol. The van der Waals surface area contributed by atoms with Gasteiger partial charge in [0.1, 0.15) is 11.9 Å². The van der Waals surface area contributed by atoms with Crippen LogP contribution in [0.15, 0.2) is 40.5 Å². The maximum atomic E-state index is 12.5. The molecular formula is C17H19N3O5. The number of amides is 1. The molecule has 0 fully saturated rings. The Morgan fingerprint density at radius 3 is 2.52 bits per heavy atom. The Balaban J connectivity index is 2.75. The molecule has 1 aliphatic rings. The Labute approximate surface area is 144 Å². The molecule has 1 aromatic carbocycles. The van der Waals surface area contributed by atoms with Crippen molar-refractivity contribution in [3.05, 3.63) is 51.2 Å². The van der Waals surface area contributed by atoms with E-state index in [1.165, 1.54) is 30.0 Å². The fourth-order valence-corrected chi connectivity index (χ4v) is 2.93. The Bertz CT molecular complexity index is 797. The van der Waals surface area contributed by atoms with Crippen LogP contribution in [0.4, 0.5) is 5.69 Å². The Morgan fingerprint density at radius 2 is 1.96 bits per heavy atom. The quantitative estimate of drug-likeness (QED) is 0.474. The Hall–Kier alpha value is -3.03. The summed E-state index contributed by atoms with van der Waals surface area (Å²) in [5.74, 6) is -0.662. The summed E-state index contributed by atoms with van der Waals surface area (Å²) in [5, 5.41) is 11.4. The van der Waals surface area contributed by atoms with Crippen LogP contribution in [-0.2, 0) is 14.3 Å². The number of esters is 1. The summed E-state index contributed by atoms with van der Waals surface area (Å²) in [5.41, 5.74) is 0.552. The summed E-state index contributed by atoms with van der Waals surface area (Å²) in [7, 11) is 0. The first-order chi connectivity index (χ1) is 11.8.